The van der Waals surface area contributed by atoms with Gasteiger partial charge in [0.05, 0.1) is 6.10 Å². The maximum absolute atomic E-state index is 7.91. The van der Waals surface area contributed by atoms with Crippen molar-refractivity contribution in [3.63, 3.8) is 0 Å². The number of fused-ring (bicyclic) bond motifs is 5. The second-order valence-corrected chi connectivity index (χ2v) is 4.02. The molecule has 0 aromatic carbocycles. The van der Waals surface area contributed by atoms with Crippen LogP contribution in [0.5, 0.6) is 0 Å². The van der Waals surface area contributed by atoms with Crippen LogP contribution in [0.1, 0.15) is 20.6 Å². The van der Waals surface area contributed by atoms with E-state index in [1.165, 1.54) is 12.8 Å². The van der Waals surface area contributed by atoms with Crippen molar-refractivity contribution < 1.29 is 6.11 Å². The van der Waals surface area contributed by atoms with Crippen LogP contribution in [0.25, 0.3) is 0 Å². The van der Waals surface area contributed by atoms with Crippen molar-refractivity contribution in [2.75, 3.05) is 7.11 Å². The molecular formula is C9H14O. The predicted octanol–water partition coefficient (Wildman–Crippen LogP) is 1.68. The SMILES string of the molecule is [2H][C@H]1[C@H]2C[C@H]([C@@H]3C[C@@H]32)[C@H]1OC. The Hall–Kier alpha value is -0.0400. The van der Waals surface area contributed by atoms with E-state index < -0.39 is 0 Å². The molecule has 3 rings (SSSR count). The van der Waals surface area contributed by atoms with Gasteiger partial charge in [-0.05, 0) is 42.9 Å². The highest BCUT2D eigenvalue weighted by atomic mass is 16.5. The van der Waals surface area contributed by atoms with Crippen LogP contribution in [0.4, 0.5) is 0 Å². The minimum absolute atomic E-state index is 0.105. The van der Waals surface area contributed by atoms with Crippen LogP contribution in [0.15, 0.2) is 0 Å². The van der Waals surface area contributed by atoms with E-state index in [9.17, 15) is 0 Å². The third-order valence-electron chi connectivity index (χ3n) is 3.67. The van der Waals surface area contributed by atoms with Crippen LogP contribution in [0.2, 0.25) is 0 Å². The summed E-state index contributed by atoms with van der Waals surface area (Å²) in [4.78, 5) is 0. The van der Waals surface area contributed by atoms with Gasteiger partial charge in [-0.3, -0.25) is 0 Å². The Labute approximate surface area is 63.2 Å². The average Bonchev–Trinajstić information content (AvgIpc) is 2.64. The molecule has 0 N–H and O–H groups in total. The van der Waals surface area contributed by atoms with E-state index in [2.05, 4.69) is 0 Å². The summed E-state index contributed by atoms with van der Waals surface area (Å²) in [6.45, 7) is 0. The van der Waals surface area contributed by atoms with Crippen molar-refractivity contribution in [2.45, 2.75) is 25.3 Å². The van der Waals surface area contributed by atoms with Gasteiger partial charge in [0.1, 0.15) is 0 Å². The lowest BCUT2D eigenvalue weighted by Crippen LogP contribution is -2.20. The van der Waals surface area contributed by atoms with Crippen molar-refractivity contribution >= 4 is 0 Å². The minimum atomic E-state index is 0.105. The first kappa shape index (κ1) is 4.76. The molecule has 0 aromatic rings. The first-order valence-electron chi connectivity index (χ1n) is 4.85. The zero-order valence-electron chi connectivity index (χ0n) is 7.29. The molecule has 56 valence electrons. The molecule has 0 spiro atoms. The third-order valence-corrected chi connectivity index (χ3v) is 3.67. The Bertz CT molecular complexity index is 194. The lowest BCUT2D eigenvalue weighted by molar-refractivity contribution is 0.0523. The second-order valence-electron chi connectivity index (χ2n) is 4.02. The highest BCUT2D eigenvalue weighted by molar-refractivity contribution is 5.10. The Balaban J connectivity index is 1.89. The molecule has 3 aliphatic rings. The maximum Gasteiger partial charge on any atom is 0.0605 e. The molecule has 2 bridgehead atoms. The number of methoxy groups -OCH3 is 1. The Morgan fingerprint density at radius 2 is 2.20 bits per heavy atom. The van der Waals surface area contributed by atoms with Crippen LogP contribution < -0.4 is 0 Å². The van der Waals surface area contributed by atoms with Gasteiger partial charge < -0.3 is 4.74 Å². The molecule has 3 saturated carbocycles. The van der Waals surface area contributed by atoms with Gasteiger partial charge in [0.15, 0.2) is 0 Å². The molecule has 1 nitrogen and oxygen atoms in total. The summed E-state index contributed by atoms with van der Waals surface area (Å²) in [5, 5.41) is 0. The number of ether oxygens (including phenoxy) is 1. The van der Waals surface area contributed by atoms with Crippen molar-refractivity contribution in [3.05, 3.63) is 0 Å². The minimum Gasteiger partial charge on any atom is -0.381 e. The van der Waals surface area contributed by atoms with Gasteiger partial charge in [-0.1, -0.05) is 0 Å². The fourth-order valence-electron chi connectivity index (χ4n) is 3.12. The zero-order valence-corrected chi connectivity index (χ0v) is 6.29. The average molecular weight is 139 g/mol. The molecule has 0 saturated heterocycles. The molecule has 0 unspecified atom stereocenters. The van der Waals surface area contributed by atoms with E-state index >= 15 is 0 Å². The van der Waals surface area contributed by atoms with E-state index in [1.54, 1.807) is 7.11 Å². The molecule has 0 aliphatic heterocycles. The van der Waals surface area contributed by atoms with Crippen LogP contribution in [0.3, 0.4) is 0 Å². The van der Waals surface area contributed by atoms with E-state index in [4.69, 9.17) is 6.11 Å². The predicted molar refractivity (Wildman–Crippen MR) is 38.6 cm³/mol. The summed E-state index contributed by atoms with van der Waals surface area (Å²) in [7, 11) is 1.77. The van der Waals surface area contributed by atoms with E-state index in [1.807, 2.05) is 0 Å². The quantitative estimate of drug-likeness (QED) is 0.537. The van der Waals surface area contributed by atoms with Gasteiger partial charge in [0.25, 0.3) is 0 Å². The molecule has 1 heteroatoms. The van der Waals surface area contributed by atoms with Crippen molar-refractivity contribution in [1.82, 2.24) is 0 Å². The zero-order chi connectivity index (χ0) is 7.59. The summed E-state index contributed by atoms with van der Waals surface area (Å²) >= 11 is 0. The second kappa shape index (κ2) is 1.58. The molecule has 6 atom stereocenters. The Kier molecular flexibility index (Phi) is 0.752. The van der Waals surface area contributed by atoms with Crippen LogP contribution in [-0.4, -0.2) is 13.2 Å². The van der Waals surface area contributed by atoms with Crippen LogP contribution in [0, 0.1) is 23.7 Å². The molecular weight excluding hydrogens is 124 g/mol. The largest absolute Gasteiger partial charge is 0.381 e. The van der Waals surface area contributed by atoms with Gasteiger partial charge in [0.2, 0.25) is 0 Å². The van der Waals surface area contributed by atoms with E-state index in [0.29, 0.717) is 5.92 Å². The number of hydrogen-bond donors (Lipinski definition) is 0. The summed E-state index contributed by atoms with van der Waals surface area (Å²) in [6.07, 6.45) is 3.09. The monoisotopic (exact) mass is 139 g/mol. The fraction of sp³-hybridized carbons (Fsp3) is 1.00. The third kappa shape index (κ3) is 0.493. The lowest BCUT2D eigenvalue weighted by atomic mass is 9.98. The maximum atomic E-state index is 7.91. The van der Waals surface area contributed by atoms with Gasteiger partial charge >= 0.3 is 0 Å². The van der Waals surface area contributed by atoms with Gasteiger partial charge in [-0.25, -0.2) is 0 Å². The summed E-state index contributed by atoms with van der Waals surface area (Å²) in [5.41, 5.74) is 0. The smallest absolute Gasteiger partial charge is 0.0605 e. The topological polar surface area (TPSA) is 9.23 Å². The standard InChI is InChI=1S/C9H14O/c1-10-9-3-5-2-8(9)7-4-6(5)7/h5-9H,2-4H2,1H3/t5-,6-,7-,8-,9+/m1/s1/i3D/t3-,5+,6+,7+,8+,9-/m0. The van der Waals surface area contributed by atoms with E-state index in [0.717, 1.165) is 17.8 Å². The Morgan fingerprint density at radius 3 is 2.90 bits per heavy atom. The highest BCUT2D eigenvalue weighted by Gasteiger charge is 2.61. The lowest BCUT2D eigenvalue weighted by Gasteiger charge is -2.19. The van der Waals surface area contributed by atoms with Crippen molar-refractivity contribution in [2.24, 2.45) is 23.7 Å². The molecule has 3 aliphatic carbocycles. The fourth-order valence-corrected chi connectivity index (χ4v) is 3.12. The van der Waals surface area contributed by atoms with Gasteiger partial charge in [-0.2, -0.15) is 0 Å². The molecule has 10 heavy (non-hydrogen) atoms. The van der Waals surface area contributed by atoms with Crippen molar-refractivity contribution in [3.8, 4) is 0 Å². The van der Waals surface area contributed by atoms with Crippen molar-refractivity contribution in [1.29, 1.82) is 0 Å². The molecule has 0 aromatic heterocycles. The summed E-state index contributed by atoms with van der Waals surface area (Å²) in [6, 6.07) is 0. The van der Waals surface area contributed by atoms with Crippen LogP contribution >= 0.6 is 0 Å². The molecule has 0 heterocycles. The highest BCUT2D eigenvalue weighted by Crippen LogP contribution is 2.66. The van der Waals surface area contributed by atoms with Gasteiger partial charge in [-0.15, -0.1) is 0 Å². The number of rotatable bonds is 1. The van der Waals surface area contributed by atoms with Gasteiger partial charge in [0, 0.05) is 8.48 Å². The Morgan fingerprint density at radius 1 is 1.30 bits per heavy atom. The molecule has 0 amide bonds. The molecule has 0 radical (unpaired) electrons. The van der Waals surface area contributed by atoms with Crippen LogP contribution in [-0.2, 0) is 4.74 Å². The number of hydrogen-bond acceptors (Lipinski definition) is 1. The summed E-state index contributed by atoms with van der Waals surface area (Å²) in [5.74, 6) is 3.37. The molecule has 3 fully saturated rings. The first-order chi connectivity index (χ1) is 5.33. The normalized spacial score (nSPS) is 71.5. The van der Waals surface area contributed by atoms with E-state index in [-0.39, 0.29) is 12.5 Å². The first-order valence-corrected chi connectivity index (χ1v) is 4.28. The summed E-state index contributed by atoms with van der Waals surface area (Å²) < 4.78 is 13.3.